The van der Waals surface area contributed by atoms with Crippen molar-refractivity contribution in [1.29, 1.82) is 0 Å². The third-order valence-electron chi connectivity index (χ3n) is 3.10. The lowest BCUT2D eigenvalue weighted by Gasteiger charge is -2.17. The first-order valence-corrected chi connectivity index (χ1v) is 9.66. The number of hydrogen-bond donors (Lipinski definition) is 1. The van der Waals surface area contributed by atoms with Gasteiger partial charge in [0.2, 0.25) is 0 Å². The maximum absolute atomic E-state index is 5.84. The average molecular weight is 346 g/mol. The number of nitrogens with one attached hydrogen (secondary N) is 1. The van der Waals surface area contributed by atoms with E-state index in [2.05, 4.69) is 55.8 Å². The quantitative estimate of drug-likeness (QED) is 0.509. The summed E-state index contributed by atoms with van der Waals surface area (Å²) in [6.45, 7) is 15.5. The Morgan fingerprint density at radius 3 is 2.17 bits per heavy atom. The van der Waals surface area contributed by atoms with Crippen LogP contribution in [0.3, 0.4) is 0 Å². The molecule has 1 heterocycles. The Balaban J connectivity index is 0.000000671. The van der Waals surface area contributed by atoms with E-state index in [0.29, 0.717) is 0 Å². The fourth-order valence-corrected chi connectivity index (χ4v) is 2.89. The molecule has 132 valence electrons. The van der Waals surface area contributed by atoms with Crippen LogP contribution in [-0.4, -0.2) is 4.75 Å². The fourth-order valence-electron chi connectivity index (χ4n) is 2.22. The Labute approximate surface area is 151 Å². The molecule has 0 aliphatic carbocycles. The molecule has 3 aromatic rings. The molecule has 2 aromatic carbocycles. The van der Waals surface area contributed by atoms with Crippen LogP contribution in [-0.2, 0) is 6.54 Å². The van der Waals surface area contributed by atoms with Crippen molar-refractivity contribution in [3.8, 4) is 0 Å². The third-order valence-corrected chi connectivity index (χ3v) is 4.00. The van der Waals surface area contributed by atoms with Gasteiger partial charge in [0, 0.05) is 22.1 Å². The van der Waals surface area contributed by atoms with Crippen molar-refractivity contribution in [3.05, 3.63) is 48.0 Å². The maximum Gasteiger partial charge on any atom is 0.135 e. The fraction of sp³-hybridized carbons (Fsp3) is 0.429. The summed E-state index contributed by atoms with van der Waals surface area (Å²) < 4.78 is 9.50. The molecule has 24 heavy (non-hydrogen) atoms. The maximum atomic E-state index is 5.84. The van der Waals surface area contributed by atoms with Gasteiger partial charge in [0.05, 0.1) is 0 Å². The van der Waals surface area contributed by atoms with Crippen molar-refractivity contribution in [3.63, 3.8) is 0 Å². The zero-order chi connectivity index (χ0) is 18.2. The summed E-state index contributed by atoms with van der Waals surface area (Å²) in [4.78, 5) is 0. The predicted octanol–water partition coefficient (Wildman–Crippen LogP) is 7.17. The monoisotopic (exact) mass is 345 g/mol. The zero-order valence-corrected chi connectivity index (χ0v) is 16.9. The summed E-state index contributed by atoms with van der Waals surface area (Å²) in [5, 5.41) is 2.38. The molecule has 0 spiro atoms. The number of para-hydroxylation sites is 1. The first-order valence-electron chi connectivity index (χ1n) is 8.84. The largest absolute Gasteiger partial charge is 0.456 e. The average Bonchev–Trinajstić information content (AvgIpc) is 2.95. The highest BCUT2D eigenvalue weighted by molar-refractivity contribution is 7.98. The summed E-state index contributed by atoms with van der Waals surface area (Å²) in [5.41, 5.74) is 3.19. The van der Waals surface area contributed by atoms with Crippen molar-refractivity contribution < 1.29 is 4.42 Å². The van der Waals surface area contributed by atoms with Gasteiger partial charge in [-0.3, -0.25) is 4.72 Å². The third kappa shape index (κ3) is 5.57. The van der Waals surface area contributed by atoms with E-state index in [1.54, 1.807) is 11.9 Å². The molecule has 1 N–H and O–H groups in total. The van der Waals surface area contributed by atoms with Crippen LogP contribution < -0.4 is 4.72 Å². The van der Waals surface area contributed by atoms with Crippen LogP contribution in [0.15, 0.2) is 46.9 Å². The van der Waals surface area contributed by atoms with Gasteiger partial charge < -0.3 is 4.42 Å². The van der Waals surface area contributed by atoms with Crippen LogP contribution in [0.5, 0.6) is 0 Å². The van der Waals surface area contributed by atoms with Gasteiger partial charge >= 0.3 is 0 Å². The van der Waals surface area contributed by atoms with Gasteiger partial charge in [-0.15, -0.1) is 0 Å². The van der Waals surface area contributed by atoms with E-state index in [1.165, 1.54) is 16.3 Å². The van der Waals surface area contributed by atoms with Gasteiger partial charge in [-0.1, -0.05) is 63.9 Å². The van der Waals surface area contributed by atoms with Crippen LogP contribution >= 0.6 is 11.9 Å². The van der Waals surface area contributed by atoms with Crippen molar-refractivity contribution in [2.75, 3.05) is 0 Å². The summed E-state index contributed by atoms with van der Waals surface area (Å²) in [6, 6.07) is 14.6. The summed E-state index contributed by atoms with van der Waals surface area (Å²) in [6.07, 6.45) is 0. The second kappa shape index (κ2) is 9.75. The molecule has 3 heteroatoms. The lowest BCUT2D eigenvalue weighted by Crippen LogP contribution is -2.16. The van der Waals surface area contributed by atoms with Gasteiger partial charge in [0.25, 0.3) is 0 Å². The molecule has 0 amide bonds. The first-order chi connectivity index (χ1) is 11.5. The Hall–Kier alpha value is -1.45. The number of rotatable bonds is 3. The Morgan fingerprint density at radius 1 is 0.875 bits per heavy atom. The molecule has 0 aliphatic rings. The first kappa shape index (κ1) is 20.6. The minimum atomic E-state index is 0.229. The van der Waals surface area contributed by atoms with Crippen LogP contribution in [0.1, 0.15) is 54.0 Å². The van der Waals surface area contributed by atoms with Crippen LogP contribution in [0.25, 0.3) is 21.9 Å². The van der Waals surface area contributed by atoms with Crippen LogP contribution in [0.2, 0.25) is 0 Å². The minimum Gasteiger partial charge on any atom is -0.456 e. The zero-order valence-electron chi connectivity index (χ0n) is 16.1. The summed E-state index contributed by atoms with van der Waals surface area (Å²) in [5.74, 6) is 0. The second-order valence-corrected chi connectivity index (χ2v) is 7.68. The van der Waals surface area contributed by atoms with Gasteiger partial charge in [-0.25, -0.2) is 0 Å². The lowest BCUT2D eigenvalue weighted by molar-refractivity contribution is 0.668. The molecule has 0 saturated heterocycles. The number of furan rings is 1. The van der Waals surface area contributed by atoms with E-state index >= 15 is 0 Å². The van der Waals surface area contributed by atoms with E-state index in [0.717, 1.165) is 17.7 Å². The number of hydrogen-bond acceptors (Lipinski definition) is 3. The topological polar surface area (TPSA) is 25.2 Å². The van der Waals surface area contributed by atoms with Crippen molar-refractivity contribution in [2.45, 2.75) is 59.8 Å². The van der Waals surface area contributed by atoms with E-state index in [1.807, 2.05) is 39.8 Å². The van der Waals surface area contributed by atoms with Crippen molar-refractivity contribution in [1.82, 2.24) is 4.72 Å². The molecule has 3 rings (SSSR count). The molecule has 0 unspecified atom stereocenters. The Kier molecular flexibility index (Phi) is 8.37. The van der Waals surface area contributed by atoms with Crippen LogP contribution in [0.4, 0.5) is 0 Å². The Bertz CT molecular complexity index is 740. The molecule has 0 saturated carbocycles. The lowest BCUT2D eigenvalue weighted by atomic mass is 10.1. The molecule has 0 aliphatic heterocycles. The van der Waals surface area contributed by atoms with Gasteiger partial charge in [0.15, 0.2) is 0 Å². The van der Waals surface area contributed by atoms with Crippen LogP contribution in [0, 0.1) is 0 Å². The normalized spacial score (nSPS) is 10.8. The summed E-state index contributed by atoms with van der Waals surface area (Å²) >= 11 is 1.77. The minimum absolute atomic E-state index is 0.229. The highest BCUT2D eigenvalue weighted by Crippen LogP contribution is 2.29. The van der Waals surface area contributed by atoms with Gasteiger partial charge in [-0.05, 0) is 44.5 Å². The standard InChI is InChI=1S/C17H19NOS.2C2H6/c1-17(2,3)20-18-11-12-8-9-16-14(10-12)13-6-4-5-7-15(13)19-16;2*1-2/h4-10,18H,11H2,1-3H3;2*1-2H3. The summed E-state index contributed by atoms with van der Waals surface area (Å²) in [7, 11) is 0. The molecule has 2 nitrogen and oxygen atoms in total. The number of fused-ring (bicyclic) bond motifs is 3. The molecule has 0 atom stereocenters. The molecule has 0 bridgehead atoms. The molecule has 0 fully saturated rings. The van der Waals surface area contributed by atoms with E-state index in [-0.39, 0.29) is 4.75 Å². The highest BCUT2D eigenvalue weighted by Gasteiger charge is 2.11. The second-order valence-electron chi connectivity index (χ2n) is 5.96. The van der Waals surface area contributed by atoms with Gasteiger partial charge in [-0.2, -0.15) is 0 Å². The van der Waals surface area contributed by atoms with E-state index in [4.69, 9.17) is 4.42 Å². The SMILES string of the molecule is CC.CC.CC(C)(C)SNCc1ccc2oc3ccccc3c2c1. The molecule has 0 radical (unpaired) electrons. The predicted molar refractivity (Wildman–Crippen MR) is 111 cm³/mol. The van der Waals surface area contributed by atoms with Crippen molar-refractivity contribution >= 4 is 33.9 Å². The van der Waals surface area contributed by atoms with Crippen molar-refractivity contribution in [2.24, 2.45) is 0 Å². The van der Waals surface area contributed by atoms with Gasteiger partial charge in [0.1, 0.15) is 11.2 Å². The Morgan fingerprint density at radius 2 is 1.50 bits per heavy atom. The van der Waals surface area contributed by atoms with E-state index in [9.17, 15) is 0 Å². The highest BCUT2D eigenvalue weighted by atomic mass is 32.2. The molecule has 1 aromatic heterocycles. The smallest absolute Gasteiger partial charge is 0.135 e. The van der Waals surface area contributed by atoms with E-state index < -0.39 is 0 Å². The molecular weight excluding hydrogens is 314 g/mol. The molecular formula is C21H31NOS. The number of benzene rings is 2.